The lowest BCUT2D eigenvalue weighted by Gasteiger charge is -2.04. The molecule has 0 saturated carbocycles. The van der Waals surface area contributed by atoms with Crippen LogP contribution >= 0.6 is 54.5 Å². The van der Waals surface area contributed by atoms with Gasteiger partial charge in [-0.25, -0.2) is 4.79 Å². The van der Waals surface area contributed by atoms with Crippen LogP contribution in [0.1, 0.15) is 9.67 Å². The van der Waals surface area contributed by atoms with Crippen LogP contribution in [0.25, 0.3) is 10.1 Å². The molecule has 0 unspecified atom stereocenters. The van der Waals surface area contributed by atoms with Crippen LogP contribution in [0.15, 0.2) is 13.6 Å². The standard InChI is InChI=1S/C12H12Br2O4S2/c1-16-2-3-17-4-5-18-12(15)8-6-7-9(19-8)11(14)20-10(7)13/h6H,2-5H2,1H3. The third kappa shape index (κ3) is 4.02. The van der Waals surface area contributed by atoms with E-state index in [4.69, 9.17) is 14.2 Å². The normalized spacial score (nSPS) is 11.2. The zero-order chi connectivity index (χ0) is 14.5. The van der Waals surface area contributed by atoms with Gasteiger partial charge in [0.2, 0.25) is 0 Å². The van der Waals surface area contributed by atoms with E-state index in [0.29, 0.717) is 24.7 Å². The van der Waals surface area contributed by atoms with Crippen molar-refractivity contribution in [3.05, 3.63) is 18.5 Å². The van der Waals surface area contributed by atoms with Crippen LogP contribution in [0.5, 0.6) is 0 Å². The summed E-state index contributed by atoms with van der Waals surface area (Å²) >= 11 is 9.98. The van der Waals surface area contributed by atoms with Crippen molar-refractivity contribution < 1.29 is 19.0 Å². The van der Waals surface area contributed by atoms with E-state index in [0.717, 1.165) is 17.7 Å². The van der Waals surface area contributed by atoms with Gasteiger partial charge in [-0.1, -0.05) is 0 Å². The maximum atomic E-state index is 11.9. The Morgan fingerprint density at radius 1 is 1.15 bits per heavy atom. The van der Waals surface area contributed by atoms with Crippen molar-refractivity contribution in [1.29, 1.82) is 0 Å². The number of hydrogen-bond acceptors (Lipinski definition) is 6. The van der Waals surface area contributed by atoms with E-state index in [9.17, 15) is 4.79 Å². The minimum atomic E-state index is -0.314. The van der Waals surface area contributed by atoms with Gasteiger partial charge in [-0.3, -0.25) is 0 Å². The van der Waals surface area contributed by atoms with Crippen LogP contribution in [-0.4, -0.2) is 39.5 Å². The fraction of sp³-hybridized carbons (Fsp3) is 0.417. The van der Waals surface area contributed by atoms with E-state index < -0.39 is 0 Å². The number of methoxy groups -OCH3 is 1. The number of carbonyl (C=O) groups is 1. The monoisotopic (exact) mass is 442 g/mol. The molecule has 2 rings (SSSR count). The molecule has 0 aromatic carbocycles. The molecule has 8 heteroatoms. The average molecular weight is 444 g/mol. The first-order chi connectivity index (χ1) is 9.63. The highest BCUT2D eigenvalue weighted by Crippen LogP contribution is 2.43. The lowest BCUT2D eigenvalue weighted by Crippen LogP contribution is -2.11. The first-order valence-corrected chi connectivity index (χ1v) is 8.96. The number of ether oxygens (including phenoxy) is 3. The van der Waals surface area contributed by atoms with Gasteiger partial charge in [0.1, 0.15) is 11.5 Å². The van der Waals surface area contributed by atoms with E-state index in [1.54, 1.807) is 18.4 Å². The molecule has 0 bridgehead atoms. The zero-order valence-corrected chi connectivity index (χ0v) is 15.4. The van der Waals surface area contributed by atoms with Gasteiger partial charge in [0.15, 0.2) is 0 Å². The highest BCUT2D eigenvalue weighted by molar-refractivity contribution is 9.12. The van der Waals surface area contributed by atoms with E-state index in [1.165, 1.54) is 11.3 Å². The Hall–Kier alpha value is 0.0100. The fourth-order valence-electron chi connectivity index (χ4n) is 1.47. The summed E-state index contributed by atoms with van der Waals surface area (Å²) in [4.78, 5) is 12.5. The first kappa shape index (κ1) is 16.4. The predicted molar refractivity (Wildman–Crippen MR) is 88.1 cm³/mol. The summed E-state index contributed by atoms with van der Waals surface area (Å²) in [7, 11) is 1.61. The molecule has 0 radical (unpaired) electrons. The molecule has 0 aliphatic rings. The zero-order valence-electron chi connectivity index (χ0n) is 10.6. The summed E-state index contributed by atoms with van der Waals surface area (Å²) in [5, 5.41) is 1.04. The molecule has 2 heterocycles. The Morgan fingerprint density at radius 3 is 2.60 bits per heavy atom. The second kappa shape index (κ2) is 7.86. The molecule has 2 aromatic heterocycles. The maximum absolute atomic E-state index is 11.9. The van der Waals surface area contributed by atoms with Crippen molar-refractivity contribution in [2.45, 2.75) is 0 Å². The van der Waals surface area contributed by atoms with E-state index in [1.807, 2.05) is 6.07 Å². The van der Waals surface area contributed by atoms with Gasteiger partial charge < -0.3 is 14.2 Å². The number of rotatable bonds is 7. The molecule has 0 atom stereocenters. The van der Waals surface area contributed by atoms with Crippen LogP contribution < -0.4 is 0 Å². The molecular weight excluding hydrogens is 432 g/mol. The molecule has 0 aliphatic heterocycles. The Balaban J connectivity index is 1.86. The molecule has 110 valence electrons. The Labute approximate surface area is 141 Å². The van der Waals surface area contributed by atoms with Crippen molar-refractivity contribution in [1.82, 2.24) is 0 Å². The summed E-state index contributed by atoms with van der Waals surface area (Å²) in [6, 6.07) is 1.85. The fourth-order valence-corrected chi connectivity index (χ4v) is 5.83. The lowest BCUT2D eigenvalue weighted by molar-refractivity contribution is 0.0217. The predicted octanol–water partition coefficient (Wildman–Crippen LogP) is 4.31. The van der Waals surface area contributed by atoms with Crippen LogP contribution in [-0.2, 0) is 14.2 Å². The number of hydrogen-bond donors (Lipinski definition) is 0. The quantitative estimate of drug-likeness (QED) is 0.472. The summed E-state index contributed by atoms with van der Waals surface area (Å²) in [6.07, 6.45) is 0. The minimum Gasteiger partial charge on any atom is -0.459 e. The van der Waals surface area contributed by atoms with Gasteiger partial charge in [0, 0.05) is 12.5 Å². The maximum Gasteiger partial charge on any atom is 0.348 e. The average Bonchev–Trinajstić information content (AvgIpc) is 2.96. The van der Waals surface area contributed by atoms with Crippen LogP contribution in [0, 0.1) is 0 Å². The van der Waals surface area contributed by atoms with Crippen molar-refractivity contribution >= 4 is 70.6 Å². The van der Waals surface area contributed by atoms with Crippen molar-refractivity contribution in [2.75, 3.05) is 33.5 Å². The second-order valence-corrected chi connectivity index (χ2v) is 8.45. The number of fused-ring (bicyclic) bond motifs is 1. The molecule has 0 aliphatic carbocycles. The van der Waals surface area contributed by atoms with E-state index in [2.05, 4.69) is 31.9 Å². The lowest BCUT2D eigenvalue weighted by atomic mass is 10.4. The smallest absolute Gasteiger partial charge is 0.348 e. The molecule has 20 heavy (non-hydrogen) atoms. The molecule has 0 N–H and O–H groups in total. The summed E-state index contributed by atoms with van der Waals surface area (Å²) < 4.78 is 18.3. The first-order valence-electron chi connectivity index (χ1n) is 5.74. The van der Waals surface area contributed by atoms with Crippen molar-refractivity contribution in [3.8, 4) is 0 Å². The number of esters is 1. The molecule has 0 spiro atoms. The van der Waals surface area contributed by atoms with Gasteiger partial charge in [-0.05, 0) is 37.9 Å². The minimum absolute atomic E-state index is 0.246. The Bertz CT molecular complexity index is 559. The van der Waals surface area contributed by atoms with Crippen molar-refractivity contribution in [3.63, 3.8) is 0 Å². The van der Waals surface area contributed by atoms with Gasteiger partial charge in [0.05, 0.1) is 32.1 Å². The van der Waals surface area contributed by atoms with Gasteiger partial charge in [-0.15, -0.1) is 22.7 Å². The molecule has 2 aromatic rings. The number of halogens is 2. The third-order valence-corrected chi connectivity index (χ3v) is 6.50. The van der Waals surface area contributed by atoms with Crippen LogP contribution in [0.3, 0.4) is 0 Å². The summed E-state index contributed by atoms with van der Waals surface area (Å²) in [5.41, 5.74) is 0. The topological polar surface area (TPSA) is 44.8 Å². The number of thiophene rings is 2. The van der Waals surface area contributed by atoms with Crippen molar-refractivity contribution in [2.24, 2.45) is 0 Å². The highest BCUT2D eigenvalue weighted by atomic mass is 79.9. The van der Waals surface area contributed by atoms with Crippen LogP contribution in [0.2, 0.25) is 0 Å². The molecule has 0 amide bonds. The SMILES string of the molecule is COCCOCCOC(=O)c1cc2c(Br)sc(Br)c2s1. The largest absolute Gasteiger partial charge is 0.459 e. The third-order valence-electron chi connectivity index (χ3n) is 2.40. The van der Waals surface area contributed by atoms with E-state index >= 15 is 0 Å². The van der Waals surface area contributed by atoms with Gasteiger partial charge >= 0.3 is 5.97 Å². The molecule has 0 saturated heterocycles. The van der Waals surface area contributed by atoms with Gasteiger partial charge in [0.25, 0.3) is 0 Å². The Morgan fingerprint density at radius 2 is 1.90 bits per heavy atom. The Kier molecular flexibility index (Phi) is 6.44. The molecular formula is C12H12Br2O4S2. The number of carbonyl (C=O) groups excluding carboxylic acids is 1. The van der Waals surface area contributed by atoms with E-state index in [-0.39, 0.29) is 12.6 Å². The highest BCUT2D eigenvalue weighted by Gasteiger charge is 2.17. The second-order valence-electron chi connectivity index (χ2n) is 3.74. The molecule has 4 nitrogen and oxygen atoms in total. The summed E-state index contributed by atoms with van der Waals surface area (Å²) in [5.74, 6) is -0.314. The van der Waals surface area contributed by atoms with Crippen LogP contribution in [0.4, 0.5) is 0 Å². The molecule has 0 fully saturated rings. The summed E-state index contributed by atoms with van der Waals surface area (Å²) in [6.45, 7) is 1.66. The van der Waals surface area contributed by atoms with Gasteiger partial charge in [-0.2, -0.15) is 0 Å².